The van der Waals surface area contributed by atoms with Gasteiger partial charge in [-0.1, -0.05) is 103 Å². The van der Waals surface area contributed by atoms with Crippen LogP contribution in [0.3, 0.4) is 0 Å². The summed E-state index contributed by atoms with van der Waals surface area (Å²) in [6.07, 6.45) is 22.8. The molecule has 0 unspecified atom stereocenters. The molecule has 0 spiro atoms. The predicted octanol–water partition coefficient (Wildman–Crippen LogP) is 6.52. The van der Waals surface area contributed by atoms with Crippen molar-refractivity contribution in [2.75, 3.05) is 5.75 Å². The van der Waals surface area contributed by atoms with Crippen molar-refractivity contribution < 1.29 is 9.32 Å². The molecule has 2 nitrogen and oxygen atoms in total. The Morgan fingerprint density at radius 2 is 1.16 bits per heavy atom. The van der Waals surface area contributed by atoms with Crippen molar-refractivity contribution in [2.45, 2.75) is 134 Å². The van der Waals surface area contributed by atoms with E-state index < -0.39 is 10.8 Å². The fourth-order valence-corrected chi connectivity index (χ4v) is 5.68. The highest BCUT2D eigenvalue weighted by molar-refractivity contribution is 7.85. The summed E-state index contributed by atoms with van der Waals surface area (Å²) in [4.78, 5) is 0. The highest BCUT2D eigenvalue weighted by Crippen LogP contribution is 2.23. The fraction of sp³-hybridized carbons (Fsp3) is 1.00. The lowest BCUT2D eigenvalue weighted by molar-refractivity contribution is 0.135. The number of aliphatic hydroxyl groups excluding tert-OH is 1. The van der Waals surface area contributed by atoms with Gasteiger partial charge < -0.3 is 5.11 Å². The molecular formula is C22H44O2S. The number of rotatable bonds is 16. The van der Waals surface area contributed by atoms with Crippen LogP contribution in [0.1, 0.15) is 122 Å². The van der Waals surface area contributed by atoms with E-state index in [0.29, 0.717) is 0 Å². The van der Waals surface area contributed by atoms with Gasteiger partial charge >= 0.3 is 0 Å². The van der Waals surface area contributed by atoms with E-state index in [9.17, 15) is 9.32 Å². The number of hydrogen-bond donors (Lipinski definition) is 1. The third-order valence-electron chi connectivity index (χ3n) is 5.70. The minimum atomic E-state index is -0.803. The molecule has 0 aromatic rings. The smallest absolute Gasteiger partial charge is 0.0683 e. The van der Waals surface area contributed by atoms with Crippen molar-refractivity contribution in [3.63, 3.8) is 0 Å². The van der Waals surface area contributed by atoms with Crippen LogP contribution in [-0.2, 0) is 10.8 Å². The maximum absolute atomic E-state index is 12.3. The van der Waals surface area contributed by atoms with E-state index in [4.69, 9.17) is 0 Å². The molecular weight excluding hydrogens is 328 g/mol. The molecule has 0 saturated heterocycles. The van der Waals surface area contributed by atoms with Gasteiger partial charge in [-0.25, -0.2) is 0 Å². The van der Waals surface area contributed by atoms with Crippen molar-refractivity contribution in [1.82, 2.24) is 0 Å². The van der Waals surface area contributed by atoms with Gasteiger partial charge in [-0.3, -0.25) is 4.21 Å². The Kier molecular flexibility index (Phi) is 15.1. The van der Waals surface area contributed by atoms with Crippen molar-refractivity contribution in [3.05, 3.63) is 0 Å². The summed E-state index contributed by atoms with van der Waals surface area (Å²) in [5.74, 6) is 0.805. The second kappa shape index (κ2) is 16.3. The predicted molar refractivity (Wildman–Crippen MR) is 112 cm³/mol. The van der Waals surface area contributed by atoms with Gasteiger partial charge in [0, 0.05) is 16.6 Å². The van der Waals surface area contributed by atoms with E-state index in [2.05, 4.69) is 6.92 Å². The first-order valence-corrected chi connectivity index (χ1v) is 12.7. The third-order valence-corrected chi connectivity index (χ3v) is 7.62. The monoisotopic (exact) mass is 372 g/mol. The number of aliphatic hydroxyl groups is 1. The van der Waals surface area contributed by atoms with Crippen LogP contribution in [0.15, 0.2) is 0 Å². The van der Waals surface area contributed by atoms with Crippen LogP contribution in [-0.4, -0.2) is 26.4 Å². The molecule has 1 aliphatic carbocycles. The van der Waals surface area contributed by atoms with E-state index in [1.807, 2.05) is 0 Å². The zero-order chi connectivity index (χ0) is 18.2. The van der Waals surface area contributed by atoms with Gasteiger partial charge in [0.15, 0.2) is 0 Å². The Balaban J connectivity index is 1.80. The maximum atomic E-state index is 12.3. The first-order chi connectivity index (χ1) is 12.3. The number of unbranched alkanes of at least 4 members (excludes halogenated alkanes) is 13. The van der Waals surface area contributed by atoms with Crippen molar-refractivity contribution in [1.29, 1.82) is 0 Å². The zero-order valence-electron chi connectivity index (χ0n) is 16.9. The molecule has 0 aromatic heterocycles. The SMILES string of the molecule is CCCCCCCCCCCCCCCC[S@@](=O)[C@H]1CCCC[C@@H]1O. The van der Waals surface area contributed by atoms with Crippen LogP contribution in [0, 0.1) is 0 Å². The minimum absolute atomic E-state index is 0.0655. The average molecular weight is 373 g/mol. The Bertz CT molecular complexity index is 319. The van der Waals surface area contributed by atoms with E-state index in [1.165, 1.54) is 83.5 Å². The summed E-state index contributed by atoms with van der Waals surface area (Å²) in [6.45, 7) is 2.28. The highest BCUT2D eigenvalue weighted by atomic mass is 32.2. The molecule has 0 amide bonds. The molecule has 0 radical (unpaired) electrons. The number of hydrogen-bond acceptors (Lipinski definition) is 2. The van der Waals surface area contributed by atoms with Crippen LogP contribution in [0.4, 0.5) is 0 Å². The van der Waals surface area contributed by atoms with Gasteiger partial charge in [-0.2, -0.15) is 0 Å². The molecule has 25 heavy (non-hydrogen) atoms. The van der Waals surface area contributed by atoms with Gasteiger partial charge in [0.1, 0.15) is 0 Å². The van der Waals surface area contributed by atoms with Gasteiger partial charge in [0.05, 0.1) is 11.4 Å². The Labute approximate surface area is 160 Å². The normalized spacial score (nSPS) is 22.2. The summed E-state index contributed by atoms with van der Waals surface area (Å²) in [6, 6.07) is 0. The Hall–Kier alpha value is 0.110. The molecule has 1 N–H and O–H groups in total. The first kappa shape index (κ1) is 23.1. The van der Waals surface area contributed by atoms with Crippen LogP contribution >= 0.6 is 0 Å². The Morgan fingerprint density at radius 1 is 0.720 bits per heavy atom. The Morgan fingerprint density at radius 3 is 1.64 bits per heavy atom. The molecule has 1 saturated carbocycles. The summed E-state index contributed by atoms with van der Waals surface area (Å²) in [5.41, 5.74) is 0. The van der Waals surface area contributed by atoms with E-state index >= 15 is 0 Å². The second-order valence-electron chi connectivity index (χ2n) is 8.07. The topological polar surface area (TPSA) is 37.3 Å². The zero-order valence-corrected chi connectivity index (χ0v) is 17.7. The summed E-state index contributed by atoms with van der Waals surface area (Å²) in [7, 11) is -0.803. The van der Waals surface area contributed by atoms with Crippen molar-refractivity contribution >= 4 is 10.8 Å². The van der Waals surface area contributed by atoms with Crippen LogP contribution < -0.4 is 0 Å². The van der Waals surface area contributed by atoms with Crippen LogP contribution in [0.5, 0.6) is 0 Å². The molecule has 3 heteroatoms. The van der Waals surface area contributed by atoms with Gasteiger partial charge in [-0.05, 0) is 19.3 Å². The molecule has 0 aromatic carbocycles. The molecule has 0 bridgehead atoms. The first-order valence-electron chi connectivity index (χ1n) is 11.3. The fourth-order valence-electron chi connectivity index (χ4n) is 3.97. The summed E-state index contributed by atoms with van der Waals surface area (Å²) < 4.78 is 12.3. The molecule has 1 fully saturated rings. The van der Waals surface area contributed by atoms with E-state index in [0.717, 1.165) is 37.9 Å². The lowest BCUT2D eigenvalue weighted by Gasteiger charge is -2.26. The molecule has 1 rings (SSSR count). The van der Waals surface area contributed by atoms with Gasteiger partial charge in [-0.15, -0.1) is 0 Å². The third kappa shape index (κ3) is 12.2. The summed E-state index contributed by atoms with van der Waals surface area (Å²) in [5, 5.41) is 10.0. The largest absolute Gasteiger partial charge is 0.392 e. The molecule has 150 valence electrons. The van der Waals surface area contributed by atoms with E-state index in [-0.39, 0.29) is 11.4 Å². The highest BCUT2D eigenvalue weighted by Gasteiger charge is 2.27. The lowest BCUT2D eigenvalue weighted by Crippen LogP contribution is -2.34. The standard InChI is InChI=1S/C22H44O2S/c1-2-3-4-5-6-7-8-9-10-11-12-13-14-17-20-25(24)22-19-16-15-18-21(22)23/h21-23H,2-20H2,1H3/t21-,22-,25+/m0/s1. The molecule has 1 aliphatic rings. The minimum Gasteiger partial charge on any atom is -0.392 e. The van der Waals surface area contributed by atoms with E-state index in [1.54, 1.807) is 0 Å². The lowest BCUT2D eigenvalue weighted by atomic mass is 9.97. The molecule has 3 atom stereocenters. The second-order valence-corrected chi connectivity index (χ2v) is 9.85. The molecule has 0 heterocycles. The summed E-state index contributed by atoms with van der Waals surface area (Å²) >= 11 is 0. The maximum Gasteiger partial charge on any atom is 0.0683 e. The van der Waals surface area contributed by atoms with Crippen LogP contribution in [0.25, 0.3) is 0 Å². The molecule has 0 aliphatic heterocycles. The van der Waals surface area contributed by atoms with Gasteiger partial charge in [0.2, 0.25) is 0 Å². The van der Waals surface area contributed by atoms with Crippen molar-refractivity contribution in [2.24, 2.45) is 0 Å². The van der Waals surface area contributed by atoms with Crippen molar-refractivity contribution in [3.8, 4) is 0 Å². The van der Waals surface area contributed by atoms with Gasteiger partial charge in [0.25, 0.3) is 0 Å². The quantitative estimate of drug-likeness (QED) is 0.313. The average Bonchev–Trinajstić information content (AvgIpc) is 2.62. The van der Waals surface area contributed by atoms with Crippen LogP contribution in [0.2, 0.25) is 0 Å².